The number of ketones is 1. The minimum absolute atomic E-state index is 0.0730. The molecule has 0 saturated carbocycles. The molecule has 0 bridgehead atoms. The molecule has 8 heteroatoms. The van der Waals surface area contributed by atoms with E-state index in [1.165, 1.54) is 11.2 Å². The first kappa shape index (κ1) is 18.8. The molecule has 1 aromatic carbocycles. The molecule has 0 radical (unpaired) electrons. The van der Waals surface area contributed by atoms with Crippen LogP contribution in [-0.4, -0.2) is 37.5 Å². The second-order valence-electron chi connectivity index (χ2n) is 6.19. The van der Waals surface area contributed by atoms with Gasteiger partial charge in [0, 0.05) is 29.2 Å². The van der Waals surface area contributed by atoms with E-state index in [0.29, 0.717) is 29.2 Å². The van der Waals surface area contributed by atoms with Crippen molar-refractivity contribution in [3.63, 3.8) is 0 Å². The lowest BCUT2D eigenvalue weighted by Gasteiger charge is -2.13. The molecule has 138 valence electrons. The van der Waals surface area contributed by atoms with Crippen LogP contribution in [0.5, 0.6) is 0 Å². The fourth-order valence-corrected chi connectivity index (χ4v) is 5.85. The Labute approximate surface area is 156 Å². The fraction of sp³-hybridized carbons (Fsp3) is 0.333. The molecule has 0 spiro atoms. The summed E-state index contributed by atoms with van der Waals surface area (Å²) in [5, 5.41) is 2.74. The molecule has 1 saturated heterocycles. The number of carbonyl (C=O) groups is 2. The number of sulfonamides is 1. The van der Waals surface area contributed by atoms with Gasteiger partial charge >= 0.3 is 0 Å². The molecule has 1 amide bonds. The van der Waals surface area contributed by atoms with Crippen LogP contribution in [0.2, 0.25) is 0 Å². The minimum Gasteiger partial charge on any atom is -0.326 e. The Hall–Kier alpha value is -2.03. The third kappa shape index (κ3) is 4.20. The van der Waals surface area contributed by atoms with Gasteiger partial charge in [-0.05, 0) is 44.0 Å². The summed E-state index contributed by atoms with van der Waals surface area (Å²) in [5.74, 6) is -0.325. The smallest absolute Gasteiger partial charge is 0.252 e. The van der Waals surface area contributed by atoms with Gasteiger partial charge in [-0.3, -0.25) is 9.59 Å². The van der Waals surface area contributed by atoms with Crippen molar-refractivity contribution in [2.75, 3.05) is 18.4 Å². The molecule has 0 unspecified atom stereocenters. The van der Waals surface area contributed by atoms with Crippen molar-refractivity contribution in [1.82, 2.24) is 4.31 Å². The van der Waals surface area contributed by atoms with Crippen LogP contribution in [0.25, 0.3) is 0 Å². The topological polar surface area (TPSA) is 83.5 Å². The Morgan fingerprint density at radius 3 is 2.58 bits per heavy atom. The zero-order valence-corrected chi connectivity index (χ0v) is 16.0. The summed E-state index contributed by atoms with van der Waals surface area (Å²) in [6.07, 6.45) is 1.86. The van der Waals surface area contributed by atoms with Gasteiger partial charge in [0.1, 0.15) is 4.21 Å². The monoisotopic (exact) mass is 392 g/mol. The molecular formula is C18H20N2O4S2. The first-order chi connectivity index (χ1) is 12.4. The number of rotatable bonds is 6. The van der Waals surface area contributed by atoms with Crippen LogP contribution in [0.4, 0.5) is 5.69 Å². The van der Waals surface area contributed by atoms with Crippen LogP contribution in [-0.2, 0) is 21.2 Å². The molecule has 1 aliphatic heterocycles. The SMILES string of the molecule is CC(=O)c1cccc(NC(=O)Cc2ccc(S(=O)(=O)N3CCCC3)s2)c1. The van der Waals surface area contributed by atoms with Gasteiger partial charge in [-0.1, -0.05) is 12.1 Å². The molecule has 26 heavy (non-hydrogen) atoms. The van der Waals surface area contributed by atoms with Crippen molar-refractivity contribution in [2.45, 2.75) is 30.4 Å². The zero-order valence-electron chi connectivity index (χ0n) is 14.4. The largest absolute Gasteiger partial charge is 0.326 e. The summed E-state index contributed by atoms with van der Waals surface area (Å²) >= 11 is 1.13. The number of amides is 1. The first-order valence-corrected chi connectivity index (χ1v) is 10.6. The fourth-order valence-electron chi connectivity index (χ4n) is 2.83. The summed E-state index contributed by atoms with van der Waals surface area (Å²) < 4.78 is 26.8. The summed E-state index contributed by atoms with van der Waals surface area (Å²) in [7, 11) is -3.45. The van der Waals surface area contributed by atoms with Crippen molar-refractivity contribution in [1.29, 1.82) is 0 Å². The Balaban J connectivity index is 1.66. The number of benzene rings is 1. The Morgan fingerprint density at radius 1 is 1.15 bits per heavy atom. The number of hydrogen-bond acceptors (Lipinski definition) is 5. The molecule has 0 aliphatic carbocycles. The molecule has 3 rings (SSSR count). The molecule has 6 nitrogen and oxygen atoms in total. The van der Waals surface area contributed by atoms with Crippen LogP contribution in [0.1, 0.15) is 35.0 Å². The van der Waals surface area contributed by atoms with Crippen molar-refractivity contribution in [3.05, 3.63) is 46.8 Å². The van der Waals surface area contributed by atoms with Gasteiger partial charge in [0.05, 0.1) is 6.42 Å². The molecule has 2 aromatic rings. The van der Waals surface area contributed by atoms with Gasteiger partial charge in [0.2, 0.25) is 5.91 Å². The first-order valence-electron chi connectivity index (χ1n) is 8.36. The Morgan fingerprint density at radius 2 is 1.88 bits per heavy atom. The highest BCUT2D eigenvalue weighted by Gasteiger charge is 2.28. The van der Waals surface area contributed by atoms with Crippen molar-refractivity contribution >= 4 is 38.7 Å². The maximum Gasteiger partial charge on any atom is 0.252 e. The van der Waals surface area contributed by atoms with Gasteiger partial charge in [-0.15, -0.1) is 11.3 Å². The highest BCUT2D eigenvalue weighted by Crippen LogP contribution is 2.27. The lowest BCUT2D eigenvalue weighted by molar-refractivity contribution is -0.115. The van der Waals surface area contributed by atoms with E-state index in [-0.39, 0.29) is 22.3 Å². The number of anilines is 1. The highest BCUT2D eigenvalue weighted by atomic mass is 32.2. The van der Waals surface area contributed by atoms with E-state index in [0.717, 1.165) is 24.2 Å². The molecule has 1 aromatic heterocycles. The van der Waals surface area contributed by atoms with Crippen LogP contribution in [0.3, 0.4) is 0 Å². The number of Topliss-reactive ketones (excluding diaryl/α,β-unsaturated/α-hetero) is 1. The minimum atomic E-state index is -3.45. The highest BCUT2D eigenvalue weighted by molar-refractivity contribution is 7.91. The van der Waals surface area contributed by atoms with E-state index in [1.807, 2.05) is 0 Å². The van der Waals surface area contributed by atoms with Gasteiger partial charge in [0.15, 0.2) is 5.78 Å². The van der Waals surface area contributed by atoms with E-state index in [9.17, 15) is 18.0 Å². The second-order valence-corrected chi connectivity index (χ2v) is 9.53. The summed E-state index contributed by atoms with van der Waals surface area (Å²) in [6.45, 7) is 2.58. The van der Waals surface area contributed by atoms with Crippen LogP contribution in [0, 0.1) is 0 Å². The Kier molecular flexibility index (Phi) is 5.55. The molecule has 1 fully saturated rings. The van der Waals surface area contributed by atoms with Gasteiger partial charge in [-0.2, -0.15) is 4.31 Å². The average Bonchev–Trinajstić information content (AvgIpc) is 3.27. The van der Waals surface area contributed by atoms with Gasteiger partial charge < -0.3 is 5.32 Å². The summed E-state index contributed by atoms with van der Waals surface area (Å²) in [6, 6.07) is 9.97. The average molecular weight is 393 g/mol. The lowest BCUT2D eigenvalue weighted by Crippen LogP contribution is -2.27. The van der Waals surface area contributed by atoms with Crippen LogP contribution < -0.4 is 5.32 Å². The maximum absolute atomic E-state index is 12.5. The predicted molar refractivity (Wildman–Crippen MR) is 101 cm³/mol. The van der Waals surface area contributed by atoms with Gasteiger partial charge in [-0.25, -0.2) is 8.42 Å². The van der Waals surface area contributed by atoms with Crippen molar-refractivity contribution < 1.29 is 18.0 Å². The van der Waals surface area contributed by atoms with E-state index in [2.05, 4.69) is 5.32 Å². The van der Waals surface area contributed by atoms with Crippen molar-refractivity contribution in [3.8, 4) is 0 Å². The number of thiophene rings is 1. The normalized spacial score (nSPS) is 15.1. The number of carbonyl (C=O) groups excluding carboxylic acids is 2. The number of nitrogens with one attached hydrogen (secondary N) is 1. The van der Waals surface area contributed by atoms with Crippen LogP contribution in [0.15, 0.2) is 40.6 Å². The zero-order chi connectivity index (χ0) is 18.7. The molecule has 0 atom stereocenters. The third-order valence-corrected chi connectivity index (χ3v) is 7.64. The van der Waals surface area contributed by atoms with E-state index < -0.39 is 10.0 Å². The van der Waals surface area contributed by atoms with E-state index in [4.69, 9.17) is 0 Å². The Bertz CT molecular complexity index is 928. The quantitative estimate of drug-likeness (QED) is 0.766. The summed E-state index contributed by atoms with van der Waals surface area (Å²) in [4.78, 5) is 24.3. The second kappa shape index (κ2) is 7.69. The number of hydrogen-bond donors (Lipinski definition) is 1. The van der Waals surface area contributed by atoms with E-state index >= 15 is 0 Å². The standard InChI is InChI=1S/C18H20N2O4S2/c1-13(21)14-5-4-6-15(11-14)19-17(22)12-16-7-8-18(25-16)26(23,24)20-9-2-3-10-20/h4-8,11H,2-3,9-10,12H2,1H3,(H,19,22). The molecular weight excluding hydrogens is 372 g/mol. The van der Waals surface area contributed by atoms with Crippen molar-refractivity contribution in [2.24, 2.45) is 0 Å². The van der Waals surface area contributed by atoms with Crippen LogP contribution >= 0.6 is 11.3 Å². The van der Waals surface area contributed by atoms with E-state index in [1.54, 1.807) is 36.4 Å². The van der Waals surface area contributed by atoms with Gasteiger partial charge in [0.25, 0.3) is 10.0 Å². The lowest BCUT2D eigenvalue weighted by atomic mass is 10.1. The number of nitrogens with zero attached hydrogens (tertiary/aromatic N) is 1. The maximum atomic E-state index is 12.5. The predicted octanol–water partition coefficient (Wildman–Crippen LogP) is 2.92. The molecule has 2 heterocycles. The molecule has 1 aliphatic rings. The third-order valence-electron chi connectivity index (χ3n) is 4.18. The molecule has 1 N–H and O–H groups in total. The summed E-state index contributed by atoms with van der Waals surface area (Å²) in [5.41, 5.74) is 1.07.